The number of halogens is 1. The first-order valence-electron chi connectivity index (χ1n) is 10.4. The van der Waals surface area contributed by atoms with Crippen LogP contribution in [0.25, 0.3) is 10.9 Å². The van der Waals surface area contributed by atoms with E-state index < -0.39 is 6.04 Å². The van der Waals surface area contributed by atoms with E-state index in [1.165, 1.54) is 0 Å². The number of nitrogens with zero attached hydrogens (tertiary/aromatic N) is 1. The molecular weight excluding hydrogens is 414 g/mol. The Kier molecular flexibility index (Phi) is 5.92. The lowest BCUT2D eigenvalue weighted by molar-refractivity contribution is -0.135. The second kappa shape index (κ2) is 8.63. The van der Waals surface area contributed by atoms with Crippen molar-refractivity contribution in [2.45, 2.75) is 32.9 Å². The Balaban J connectivity index is 1.53. The number of aromatic amines is 1. The van der Waals surface area contributed by atoms with E-state index in [1.807, 2.05) is 36.9 Å². The van der Waals surface area contributed by atoms with Gasteiger partial charge in [-0.3, -0.25) is 9.59 Å². The molecule has 31 heavy (non-hydrogen) atoms. The van der Waals surface area contributed by atoms with Crippen LogP contribution < -0.4 is 10.1 Å². The molecule has 2 amide bonds. The normalized spacial score (nSPS) is 14.4. The zero-order chi connectivity index (χ0) is 22.1. The highest BCUT2D eigenvalue weighted by Crippen LogP contribution is 2.30. The number of carbonyl (C=O) groups excluding carboxylic acids is 2. The largest absolute Gasteiger partial charge is 0.497 e. The van der Waals surface area contributed by atoms with E-state index in [-0.39, 0.29) is 17.7 Å². The second-order valence-corrected chi connectivity index (χ2v) is 8.64. The Morgan fingerprint density at radius 2 is 1.90 bits per heavy atom. The summed E-state index contributed by atoms with van der Waals surface area (Å²) in [5.41, 5.74) is 3.76. The van der Waals surface area contributed by atoms with Crippen molar-refractivity contribution in [2.75, 3.05) is 13.7 Å². The Bertz CT molecular complexity index is 1120. The number of hydrogen-bond acceptors (Lipinski definition) is 3. The fourth-order valence-electron chi connectivity index (χ4n) is 4.05. The van der Waals surface area contributed by atoms with Crippen molar-refractivity contribution >= 4 is 34.3 Å². The maximum Gasteiger partial charge on any atom is 0.251 e. The van der Waals surface area contributed by atoms with Crippen LogP contribution in [0.2, 0.25) is 5.02 Å². The van der Waals surface area contributed by atoms with Crippen LogP contribution >= 0.6 is 11.6 Å². The lowest BCUT2D eigenvalue weighted by atomic mass is 9.99. The lowest BCUT2D eigenvalue weighted by Gasteiger charge is -2.32. The van der Waals surface area contributed by atoms with Gasteiger partial charge in [-0.25, -0.2) is 0 Å². The van der Waals surface area contributed by atoms with Gasteiger partial charge in [-0.05, 0) is 48.4 Å². The van der Waals surface area contributed by atoms with Crippen LogP contribution in [0.4, 0.5) is 0 Å². The van der Waals surface area contributed by atoms with Gasteiger partial charge in [0.05, 0.1) is 7.11 Å². The number of H-pyrrole nitrogens is 1. The molecule has 0 radical (unpaired) electrons. The first-order chi connectivity index (χ1) is 14.9. The van der Waals surface area contributed by atoms with Crippen LogP contribution in [-0.2, 0) is 17.8 Å². The molecule has 0 saturated heterocycles. The van der Waals surface area contributed by atoms with E-state index in [0.717, 1.165) is 28.6 Å². The van der Waals surface area contributed by atoms with Crippen molar-refractivity contribution < 1.29 is 14.3 Å². The summed E-state index contributed by atoms with van der Waals surface area (Å²) in [6, 6.07) is 12.0. The number of ether oxygens (including phenoxy) is 1. The van der Waals surface area contributed by atoms with Crippen molar-refractivity contribution in [1.29, 1.82) is 0 Å². The fraction of sp³-hybridized carbons (Fsp3) is 0.333. The molecule has 0 spiro atoms. The van der Waals surface area contributed by atoms with Crippen molar-refractivity contribution in [1.82, 2.24) is 15.2 Å². The number of hydrogen-bond donors (Lipinski definition) is 2. The monoisotopic (exact) mass is 439 g/mol. The highest BCUT2D eigenvalue weighted by Gasteiger charge is 2.32. The summed E-state index contributed by atoms with van der Waals surface area (Å²) in [7, 11) is 1.58. The van der Waals surface area contributed by atoms with E-state index in [1.54, 1.807) is 31.4 Å². The van der Waals surface area contributed by atoms with Crippen LogP contribution in [-0.4, -0.2) is 41.4 Å². The van der Waals surface area contributed by atoms with Gasteiger partial charge in [-0.15, -0.1) is 0 Å². The average molecular weight is 440 g/mol. The smallest absolute Gasteiger partial charge is 0.251 e. The Morgan fingerprint density at radius 1 is 1.16 bits per heavy atom. The summed E-state index contributed by atoms with van der Waals surface area (Å²) in [6.07, 6.45) is 0.741. The molecule has 162 valence electrons. The minimum atomic E-state index is -0.607. The summed E-state index contributed by atoms with van der Waals surface area (Å²) in [5, 5.41) is 4.65. The molecule has 6 nitrogen and oxygen atoms in total. The standard InChI is InChI=1S/C24H26ClN3O3/c1-14(2)22(27-23(29)15-4-7-17(31-3)8-5-15)24(30)28-11-10-21-19(13-28)18-12-16(25)6-9-20(18)26-21/h4-9,12,14,22,26H,10-11,13H2,1-3H3,(H,27,29). The quantitative estimate of drug-likeness (QED) is 0.626. The highest BCUT2D eigenvalue weighted by atomic mass is 35.5. The predicted octanol–water partition coefficient (Wildman–Crippen LogP) is 4.17. The molecule has 1 aliphatic heterocycles. The van der Waals surface area contributed by atoms with Crippen molar-refractivity contribution in [3.05, 3.63) is 64.3 Å². The molecule has 0 saturated carbocycles. The molecule has 1 aromatic heterocycles. The number of rotatable bonds is 5. The van der Waals surface area contributed by atoms with Crippen LogP contribution in [0.15, 0.2) is 42.5 Å². The summed E-state index contributed by atoms with van der Waals surface area (Å²) in [4.78, 5) is 31.4. The van der Waals surface area contributed by atoms with Gasteiger partial charge in [-0.2, -0.15) is 0 Å². The van der Waals surface area contributed by atoms with E-state index in [0.29, 0.717) is 29.4 Å². The maximum absolute atomic E-state index is 13.4. The first kappa shape index (κ1) is 21.2. The number of methoxy groups -OCH3 is 1. The van der Waals surface area contributed by atoms with Gasteiger partial charge >= 0.3 is 0 Å². The van der Waals surface area contributed by atoms with E-state index in [2.05, 4.69) is 10.3 Å². The van der Waals surface area contributed by atoms with E-state index >= 15 is 0 Å². The molecule has 0 fully saturated rings. The predicted molar refractivity (Wildman–Crippen MR) is 122 cm³/mol. The number of fused-ring (bicyclic) bond motifs is 3. The number of aromatic nitrogens is 1. The van der Waals surface area contributed by atoms with Gasteiger partial charge in [0.15, 0.2) is 0 Å². The van der Waals surface area contributed by atoms with E-state index in [4.69, 9.17) is 16.3 Å². The molecule has 2 aromatic carbocycles. The third-order valence-electron chi connectivity index (χ3n) is 5.82. The molecule has 2 N–H and O–H groups in total. The second-order valence-electron chi connectivity index (χ2n) is 8.21. The van der Waals surface area contributed by atoms with Crippen molar-refractivity contribution in [3.8, 4) is 5.75 Å². The third-order valence-corrected chi connectivity index (χ3v) is 6.06. The van der Waals surface area contributed by atoms with Crippen LogP contribution in [0, 0.1) is 5.92 Å². The average Bonchev–Trinajstić information content (AvgIpc) is 3.13. The highest BCUT2D eigenvalue weighted by molar-refractivity contribution is 6.31. The molecule has 0 bridgehead atoms. The molecule has 1 unspecified atom stereocenters. The minimum absolute atomic E-state index is 0.0477. The number of carbonyl (C=O) groups is 2. The summed E-state index contributed by atoms with van der Waals surface area (Å²) in [5.74, 6) is 0.287. The molecular formula is C24H26ClN3O3. The van der Waals surface area contributed by atoms with Gasteiger partial charge in [-0.1, -0.05) is 25.4 Å². The lowest BCUT2D eigenvalue weighted by Crippen LogP contribution is -2.52. The van der Waals surface area contributed by atoms with Gasteiger partial charge in [0.1, 0.15) is 11.8 Å². The zero-order valence-corrected chi connectivity index (χ0v) is 18.6. The summed E-state index contributed by atoms with van der Waals surface area (Å²) < 4.78 is 5.14. The molecule has 0 aliphatic carbocycles. The molecule has 1 aliphatic rings. The molecule has 2 heterocycles. The Morgan fingerprint density at radius 3 is 2.58 bits per heavy atom. The number of amides is 2. The Hall–Kier alpha value is -2.99. The molecule has 4 rings (SSSR count). The fourth-order valence-corrected chi connectivity index (χ4v) is 4.22. The van der Waals surface area contributed by atoms with Crippen LogP contribution in [0.1, 0.15) is 35.5 Å². The van der Waals surface area contributed by atoms with Gasteiger partial charge in [0, 0.05) is 52.3 Å². The topological polar surface area (TPSA) is 74.4 Å². The molecule has 1 atom stereocenters. The SMILES string of the molecule is COc1ccc(C(=O)NC(C(=O)N2CCc3[nH]c4ccc(Cl)cc4c3C2)C(C)C)cc1. The number of nitrogens with one attached hydrogen (secondary N) is 2. The number of benzene rings is 2. The minimum Gasteiger partial charge on any atom is -0.497 e. The molecule has 7 heteroatoms. The van der Waals surface area contributed by atoms with Gasteiger partial charge in [0.25, 0.3) is 5.91 Å². The van der Waals surface area contributed by atoms with Crippen LogP contribution in [0.5, 0.6) is 5.75 Å². The van der Waals surface area contributed by atoms with E-state index in [9.17, 15) is 9.59 Å². The van der Waals surface area contributed by atoms with Crippen LogP contribution in [0.3, 0.4) is 0 Å². The van der Waals surface area contributed by atoms with Crippen molar-refractivity contribution in [3.63, 3.8) is 0 Å². The maximum atomic E-state index is 13.4. The first-order valence-corrected chi connectivity index (χ1v) is 10.8. The van der Waals surface area contributed by atoms with Gasteiger partial charge < -0.3 is 19.9 Å². The summed E-state index contributed by atoms with van der Waals surface area (Å²) in [6.45, 7) is 4.99. The Labute approximate surface area is 186 Å². The zero-order valence-electron chi connectivity index (χ0n) is 17.9. The van der Waals surface area contributed by atoms with Gasteiger partial charge in [0.2, 0.25) is 5.91 Å². The summed E-state index contributed by atoms with van der Waals surface area (Å²) >= 11 is 6.19. The molecule has 3 aromatic rings. The third kappa shape index (κ3) is 4.26. The van der Waals surface area contributed by atoms with Crippen molar-refractivity contribution in [2.24, 2.45) is 5.92 Å².